The normalized spacial score (nSPS) is 21.1. The van der Waals surface area contributed by atoms with Crippen molar-refractivity contribution in [2.45, 2.75) is 32.4 Å². The summed E-state index contributed by atoms with van der Waals surface area (Å²) in [4.78, 5) is 16.1. The number of likely N-dealkylation sites (tertiary alicyclic amines) is 1. The highest BCUT2D eigenvalue weighted by molar-refractivity contribution is 5.76. The van der Waals surface area contributed by atoms with Crippen molar-refractivity contribution in [3.8, 4) is 0 Å². The van der Waals surface area contributed by atoms with Crippen molar-refractivity contribution >= 4 is 5.91 Å². The molecule has 0 spiro atoms. The molecule has 2 atom stereocenters. The fourth-order valence-electron chi connectivity index (χ4n) is 3.25. The van der Waals surface area contributed by atoms with Crippen LogP contribution in [0.4, 0.5) is 0 Å². The topological polar surface area (TPSA) is 63.1 Å². The molecular formula is C18H25N5O. The standard InChI is InChI=1S/C18H25N5O/c1-14-11-23(12-15-6-4-3-5-7-15)13-17(14)20-18(24)9-8-16-10-19-22(2)21-16/h3-7,10,14,17H,8-9,11-13H2,1-2H3,(H,20,24). The molecule has 1 aliphatic rings. The van der Waals surface area contributed by atoms with E-state index in [0.717, 1.165) is 25.3 Å². The Labute approximate surface area is 142 Å². The predicted molar refractivity (Wildman–Crippen MR) is 92.1 cm³/mol. The minimum atomic E-state index is 0.0964. The lowest BCUT2D eigenvalue weighted by atomic mass is 10.1. The smallest absolute Gasteiger partial charge is 0.220 e. The van der Waals surface area contributed by atoms with Gasteiger partial charge in [-0.15, -0.1) is 0 Å². The van der Waals surface area contributed by atoms with E-state index in [1.807, 2.05) is 6.07 Å². The molecule has 1 aromatic heterocycles. The Balaban J connectivity index is 1.45. The van der Waals surface area contributed by atoms with Gasteiger partial charge in [-0.05, 0) is 11.5 Å². The highest BCUT2D eigenvalue weighted by atomic mass is 16.1. The average Bonchev–Trinajstić information content (AvgIpc) is 3.12. The highest BCUT2D eigenvalue weighted by Crippen LogP contribution is 2.19. The maximum atomic E-state index is 12.2. The molecule has 1 aliphatic heterocycles. The van der Waals surface area contributed by atoms with Crippen LogP contribution < -0.4 is 5.32 Å². The summed E-state index contributed by atoms with van der Waals surface area (Å²) in [5.41, 5.74) is 2.18. The third-order valence-electron chi connectivity index (χ3n) is 4.54. The van der Waals surface area contributed by atoms with E-state index < -0.39 is 0 Å². The number of carbonyl (C=O) groups is 1. The Morgan fingerprint density at radius 3 is 2.79 bits per heavy atom. The number of nitrogens with zero attached hydrogens (tertiary/aromatic N) is 4. The van der Waals surface area contributed by atoms with E-state index in [9.17, 15) is 4.79 Å². The summed E-state index contributed by atoms with van der Waals surface area (Å²) in [5, 5.41) is 11.4. The van der Waals surface area contributed by atoms with Gasteiger partial charge >= 0.3 is 0 Å². The van der Waals surface area contributed by atoms with Gasteiger partial charge in [-0.1, -0.05) is 37.3 Å². The molecule has 2 aromatic rings. The summed E-state index contributed by atoms with van der Waals surface area (Å²) < 4.78 is 0. The number of benzene rings is 1. The molecule has 6 nitrogen and oxygen atoms in total. The van der Waals surface area contributed by atoms with Gasteiger partial charge in [0.15, 0.2) is 0 Å². The van der Waals surface area contributed by atoms with Crippen LogP contribution in [0, 0.1) is 5.92 Å². The molecule has 6 heteroatoms. The maximum absolute atomic E-state index is 12.2. The van der Waals surface area contributed by atoms with Crippen LogP contribution >= 0.6 is 0 Å². The van der Waals surface area contributed by atoms with Crippen molar-refractivity contribution in [2.75, 3.05) is 13.1 Å². The average molecular weight is 327 g/mol. The summed E-state index contributed by atoms with van der Waals surface area (Å²) in [6, 6.07) is 10.7. The fourth-order valence-corrected chi connectivity index (χ4v) is 3.25. The zero-order chi connectivity index (χ0) is 16.9. The van der Waals surface area contributed by atoms with Crippen LogP contribution in [0.5, 0.6) is 0 Å². The zero-order valence-corrected chi connectivity index (χ0v) is 14.4. The zero-order valence-electron chi connectivity index (χ0n) is 14.4. The van der Waals surface area contributed by atoms with Gasteiger partial charge in [-0.3, -0.25) is 9.69 Å². The molecular weight excluding hydrogens is 302 g/mol. The number of carbonyl (C=O) groups excluding carboxylic acids is 1. The quantitative estimate of drug-likeness (QED) is 0.871. The molecule has 1 fully saturated rings. The first-order valence-corrected chi connectivity index (χ1v) is 8.51. The molecule has 0 radical (unpaired) electrons. The van der Waals surface area contributed by atoms with Gasteiger partial charge < -0.3 is 5.32 Å². The van der Waals surface area contributed by atoms with Gasteiger partial charge in [-0.25, -0.2) is 0 Å². The number of hydrogen-bond acceptors (Lipinski definition) is 4. The van der Waals surface area contributed by atoms with Crippen LogP contribution in [0.1, 0.15) is 24.6 Å². The lowest BCUT2D eigenvalue weighted by Crippen LogP contribution is -2.39. The van der Waals surface area contributed by atoms with Crippen molar-refractivity contribution in [1.82, 2.24) is 25.2 Å². The minimum absolute atomic E-state index is 0.0964. The number of amides is 1. The molecule has 1 N–H and O–H groups in total. The van der Waals surface area contributed by atoms with Crippen LogP contribution in [0.25, 0.3) is 0 Å². The summed E-state index contributed by atoms with van der Waals surface area (Å²) in [7, 11) is 1.78. The number of aromatic nitrogens is 3. The SMILES string of the molecule is CC1CN(Cc2ccccc2)CC1NC(=O)CCc1cnn(C)n1. The molecule has 0 saturated carbocycles. The summed E-state index contributed by atoms with van der Waals surface area (Å²) in [6.07, 6.45) is 2.81. The Bertz CT molecular complexity index is 669. The summed E-state index contributed by atoms with van der Waals surface area (Å²) in [5.74, 6) is 0.563. The van der Waals surface area contributed by atoms with Crippen LogP contribution in [-0.2, 0) is 24.8 Å². The Kier molecular flexibility index (Phi) is 5.25. The van der Waals surface area contributed by atoms with Gasteiger partial charge in [-0.2, -0.15) is 15.0 Å². The van der Waals surface area contributed by atoms with Crippen molar-refractivity contribution < 1.29 is 4.79 Å². The van der Waals surface area contributed by atoms with E-state index in [0.29, 0.717) is 18.8 Å². The van der Waals surface area contributed by atoms with Gasteiger partial charge in [0.1, 0.15) is 0 Å². The first-order valence-electron chi connectivity index (χ1n) is 8.51. The second kappa shape index (κ2) is 7.57. The number of aryl methyl sites for hydroxylation is 2. The van der Waals surface area contributed by atoms with Crippen LogP contribution in [0.2, 0.25) is 0 Å². The lowest BCUT2D eigenvalue weighted by molar-refractivity contribution is -0.121. The molecule has 3 rings (SSSR count). The Morgan fingerprint density at radius 1 is 1.29 bits per heavy atom. The van der Waals surface area contributed by atoms with Crippen molar-refractivity contribution in [2.24, 2.45) is 13.0 Å². The molecule has 2 heterocycles. The molecule has 24 heavy (non-hydrogen) atoms. The second-order valence-corrected chi connectivity index (χ2v) is 6.66. The Morgan fingerprint density at radius 2 is 2.08 bits per heavy atom. The monoisotopic (exact) mass is 327 g/mol. The number of hydrogen-bond donors (Lipinski definition) is 1. The molecule has 2 unspecified atom stereocenters. The van der Waals surface area contributed by atoms with Crippen molar-refractivity contribution in [1.29, 1.82) is 0 Å². The van der Waals surface area contributed by atoms with Crippen molar-refractivity contribution in [3.05, 3.63) is 47.8 Å². The molecule has 1 amide bonds. The fraction of sp³-hybridized carbons (Fsp3) is 0.500. The van der Waals surface area contributed by atoms with E-state index in [-0.39, 0.29) is 11.9 Å². The molecule has 1 aromatic carbocycles. The molecule has 128 valence electrons. The second-order valence-electron chi connectivity index (χ2n) is 6.66. The number of rotatable bonds is 6. The van der Waals surface area contributed by atoms with Gasteiger partial charge in [0, 0.05) is 45.6 Å². The van der Waals surface area contributed by atoms with E-state index in [1.165, 1.54) is 10.4 Å². The van der Waals surface area contributed by atoms with Gasteiger partial charge in [0.25, 0.3) is 0 Å². The van der Waals surface area contributed by atoms with Gasteiger partial charge in [0.2, 0.25) is 5.91 Å². The highest BCUT2D eigenvalue weighted by Gasteiger charge is 2.30. The first-order chi connectivity index (χ1) is 11.6. The minimum Gasteiger partial charge on any atom is -0.352 e. The van der Waals surface area contributed by atoms with E-state index in [2.05, 4.69) is 51.6 Å². The van der Waals surface area contributed by atoms with Crippen LogP contribution in [0.3, 0.4) is 0 Å². The van der Waals surface area contributed by atoms with E-state index in [1.54, 1.807) is 13.2 Å². The third kappa shape index (κ3) is 4.41. The van der Waals surface area contributed by atoms with Crippen LogP contribution in [0.15, 0.2) is 36.5 Å². The molecule has 0 aliphatic carbocycles. The van der Waals surface area contributed by atoms with E-state index in [4.69, 9.17) is 0 Å². The summed E-state index contributed by atoms with van der Waals surface area (Å²) >= 11 is 0. The van der Waals surface area contributed by atoms with Crippen LogP contribution in [-0.4, -0.2) is 44.9 Å². The Hall–Kier alpha value is -2.21. The molecule has 0 bridgehead atoms. The predicted octanol–water partition coefficient (Wildman–Crippen LogP) is 1.38. The van der Waals surface area contributed by atoms with Gasteiger partial charge in [0.05, 0.1) is 11.9 Å². The largest absolute Gasteiger partial charge is 0.352 e. The van der Waals surface area contributed by atoms with E-state index >= 15 is 0 Å². The first kappa shape index (κ1) is 16.6. The van der Waals surface area contributed by atoms with Crippen molar-refractivity contribution in [3.63, 3.8) is 0 Å². The maximum Gasteiger partial charge on any atom is 0.220 e. The molecule has 1 saturated heterocycles. The lowest BCUT2D eigenvalue weighted by Gasteiger charge is -2.17. The third-order valence-corrected chi connectivity index (χ3v) is 4.54. The summed E-state index contributed by atoms with van der Waals surface area (Å²) in [6.45, 7) is 5.08. The number of nitrogens with one attached hydrogen (secondary N) is 1.